The third kappa shape index (κ3) is 3.49. The van der Waals surface area contributed by atoms with Crippen LogP contribution >= 0.6 is 11.8 Å². The van der Waals surface area contributed by atoms with Crippen LogP contribution in [0.1, 0.15) is 0 Å². The van der Waals surface area contributed by atoms with E-state index < -0.39 is 0 Å². The molecule has 0 aliphatic carbocycles. The number of halogens is 1. The summed E-state index contributed by atoms with van der Waals surface area (Å²) >= 11 is 1.95. The molecule has 126 valence electrons. The Morgan fingerprint density at radius 2 is 1.56 bits per heavy atom. The molecule has 2 heterocycles. The third-order valence-corrected chi connectivity index (χ3v) is 5.07. The minimum absolute atomic E-state index is 0.272. The van der Waals surface area contributed by atoms with Gasteiger partial charge in [-0.15, -0.1) is 10.2 Å². The van der Waals surface area contributed by atoms with Gasteiger partial charge in [0.25, 0.3) is 0 Å². The van der Waals surface area contributed by atoms with Crippen LogP contribution < -0.4 is 4.90 Å². The van der Waals surface area contributed by atoms with Crippen LogP contribution in [0.25, 0.3) is 22.6 Å². The highest BCUT2D eigenvalue weighted by molar-refractivity contribution is 7.99. The molecule has 0 atom stereocenters. The Hall–Kier alpha value is -2.47. The van der Waals surface area contributed by atoms with Gasteiger partial charge in [0, 0.05) is 35.7 Å². The lowest BCUT2D eigenvalue weighted by molar-refractivity contribution is 0.628. The van der Waals surface area contributed by atoms with Crippen LogP contribution in [0.4, 0.5) is 10.2 Å². The number of nitrogens with zero attached hydrogens (tertiary/aromatic N) is 4. The number of hydrogen-bond acceptors (Lipinski definition) is 5. The van der Waals surface area contributed by atoms with E-state index in [-0.39, 0.29) is 5.82 Å². The largest absolute Gasteiger partial charge is 0.353 e. The lowest BCUT2D eigenvalue weighted by Gasteiger charge is -2.28. The van der Waals surface area contributed by atoms with Crippen molar-refractivity contribution in [2.75, 3.05) is 29.5 Å². The van der Waals surface area contributed by atoms with Gasteiger partial charge in [-0.25, -0.2) is 9.37 Å². The van der Waals surface area contributed by atoms with Crippen LogP contribution in [0.15, 0.2) is 54.6 Å². The van der Waals surface area contributed by atoms with Gasteiger partial charge in [0.2, 0.25) is 0 Å². The van der Waals surface area contributed by atoms with Crippen LogP contribution in [0.2, 0.25) is 0 Å². The Kier molecular flexibility index (Phi) is 4.61. The number of benzene rings is 2. The summed E-state index contributed by atoms with van der Waals surface area (Å²) in [5.74, 6) is 3.24. The molecule has 0 bridgehead atoms. The van der Waals surface area contributed by atoms with Crippen molar-refractivity contribution < 1.29 is 4.39 Å². The first-order valence-electron chi connectivity index (χ1n) is 8.20. The first-order valence-corrected chi connectivity index (χ1v) is 9.35. The Morgan fingerprint density at radius 3 is 2.28 bits per heavy atom. The summed E-state index contributed by atoms with van der Waals surface area (Å²) in [6.07, 6.45) is 0. The normalized spacial score (nSPS) is 14.5. The van der Waals surface area contributed by atoms with Crippen molar-refractivity contribution in [2.45, 2.75) is 0 Å². The standard InChI is InChI=1S/C19H17FN4S/c20-16-8-6-15(7-9-16)18-21-19(24-10-12-25-13-11-24)17(22-23-18)14-4-2-1-3-5-14/h1-9H,10-13H2. The van der Waals surface area contributed by atoms with E-state index in [1.54, 1.807) is 12.1 Å². The van der Waals surface area contributed by atoms with E-state index in [2.05, 4.69) is 15.1 Å². The summed E-state index contributed by atoms with van der Waals surface area (Å²) in [5.41, 5.74) is 2.56. The molecule has 0 N–H and O–H groups in total. The Bertz CT molecular complexity index is 849. The van der Waals surface area contributed by atoms with Crippen LogP contribution in [-0.4, -0.2) is 39.8 Å². The van der Waals surface area contributed by atoms with E-state index in [1.165, 1.54) is 12.1 Å². The molecule has 4 rings (SSSR count). The quantitative estimate of drug-likeness (QED) is 0.715. The zero-order valence-corrected chi connectivity index (χ0v) is 14.4. The summed E-state index contributed by atoms with van der Waals surface area (Å²) in [5, 5.41) is 8.76. The maximum absolute atomic E-state index is 13.2. The van der Waals surface area contributed by atoms with Crippen molar-refractivity contribution >= 4 is 17.6 Å². The van der Waals surface area contributed by atoms with Crippen LogP contribution in [0, 0.1) is 5.82 Å². The van der Waals surface area contributed by atoms with E-state index >= 15 is 0 Å². The minimum Gasteiger partial charge on any atom is -0.353 e. The smallest absolute Gasteiger partial charge is 0.183 e. The molecule has 1 fully saturated rings. The Morgan fingerprint density at radius 1 is 0.840 bits per heavy atom. The SMILES string of the molecule is Fc1ccc(-c2nnc(-c3ccccc3)c(N3CCSCC3)n2)cc1. The molecule has 0 radical (unpaired) electrons. The van der Waals surface area contributed by atoms with Crippen molar-refractivity contribution in [1.29, 1.82) is 0 Å². The van der Waals surface area contributed by atoms with Crippen molar-refractivity contribution in [3.8, 4) is 22.6 Å². The van der Waals surface area contributed by atoms with Gasteiger partial charge < -0.3 is 4.90 Å². The molecule has 0 unspecified atom stereocenters. The second-order valence-corrected chi connectivity index (χ2v) is 7.00. The molecule has 4 nitrogen and oxygen atoms in total. The summed E-state index contributed by atoms with van der Waals surface area (Å²) in [6.45, 7) is 1.87. The number of rotatable bonds is 3. The molecule has 1 aromatic heterocycles. The van der Waals surface area contributed by atoms with Gasteiger partial charge in [0.15, 0.2) is 11.6 Å². The van der Waals surface area contributed by atoms with Crippen LogP contribution in [-0.2, 0) is 0 Å². The first-order chi connectivity index (χ1) is 12.3. The lowest BCUT2D eigenvalue weighted by atomic mass is 10.1. The van der Waals surface area contributed by atoms with Gasteiger partial charge in [0.05, 0.1) is 0 Å². The predicted molar refractivity (Wildman–Crippen MR) is 100 cm³/mol. The van der Waals surface area contributed by atoms with Gasteiger partial charge in [-0.2, -0.15) is 11.8 Å². The minimum atomic E-state index is -0.272. The van der Waals surface area contributed by atoms with E-state index in [0.717, 1.165) is 47.2 Å². The van der Waals surface area contributed by atoms with Gasteiger partial charge >= 0.3 is 0 Å². The molecule has 1 saturated heterocycles. The molecule has 0 saturated carbocycles. The highest BCUT2D eigenvalue weighted by Gasteiger charge is 2.20. The van der Waals surface area contributed by atoms with Gasteiger partial charge in [-0.05, 0) is 24.3 Å². The zero-order chi connectivity index (χ0) is 17.1. The summed E-state index contributed by atoms with van der Waals surface area (Å²) < 4.78 is 13.2. The molecule has 3 aromatic rings. The second-order valence-electron chi connectivity index (χ2n) is 5.78. The van der Waals surface area contributed by atoms with Gasteiger partial charge in [-0.3, -0.25) is 0 Å². The number of thioether (sulfide) groups is 1. The predicted octanol–water partition coefficient (Wildman–Crippen LogP) is 3.90. The highest BCUT2D eigenvalue weighted by Crippen LogP contribution is 2.30. The van der Waals surface area contributed by atoms with Gasteiger partial charge in [-0.1, -0.05) is 30.3 Å². The van der Waals surface area contributed by atoms with E-state index in [1.807, 2.05) is 42.1 Å². The van der Waals surface area contributed by atoms with E-state index in [4.69, 9.17) is 4.98 Å². The summed E-state index contributed by atoms with van der Waals surface area (Å²) in [6, 6.07) is 16.2. The molecule has 6 heteroatoms. The molecular formula is C19H17FN4S. The lowest BCUT2D eigenvalue weighted by Crippen LogP contribution is -2.34. The molecule has 1 aliphatic heterocycles. The monoisotopic (exact) mass is 352 g/mol. The Balaban J connectivity index is 1.80. The zero-order valence-electron chi connectivity index (χ0n) is 13.6. The molecule has 25 heavy (non-hydrogen) atoms. The molecule has 0 spiro atoms. The summed E-state index contributed by atoms with van der Waals surface area (Å²) in [4.78, 5) is 7.06. The van der Waals surface area contributed by atoms with Crippen LogP contribution in [0.5, 0.6) is 0 Å². The fourth-order valence-corrected chi connectivity index (χ4v) is 3.72. The molecular weight excluding hydrogens is 335 g/mol. The highest BCUT2D eigenvalue weighted by atomic mass is 32.2. The average molecular weight is 352 g/mol. The average Bonchev–Trinajstić information content (AvgIpc) is 2.69. The first kappa shape index (κ1) is 16.0. The number of hydrogen-bond donors (Lipinski definition) is 0. The number of anilines is 1. The van der Waals surface area contributed by atoms with Crippen molar-refractivity contribution in [1.82, 2.24) is 15.2 Å². The fraction of sp³-hybridized carbons (Fsp3) is 0.211. The van der Waals surface area contributed by atoms with Gasteiger partial charge in [0.1, 0.15) is 11.5 Å². The van der Waals surface area contributed by atoms with E-state index in [9.17, 15) is 4.39 Å². The van der Waals surface area contributed by atoms with E-state index in [0.29, 0.717) is 5.82 Å². The summed E-state index contributed by atoms with van der Waals surface area (Å²) in [7, 11) is 0. The van der Waals surface area contributed by atoms with Crippen molar-refractivity contribution in [2.24, 2.45) is 0 Å². The fourth-order valence-electron chi connectivity index (χ4n) is 2.82. The number of aromatic nitrogens is 3. The van der Waals surface area contributed by atoms with Crippen molar-refractivity contribution in [3.05, 3.63) is 60.4 Å². The molecule has 0 amide bonds. The maximum atomic E-state index is 13.2. The second kappa shape index (κ2) is 7.19. The molecule has 2 aromatic carbocycles. The topological polar surface area (TPSA) is 41.9 Å². The third-order valence-electron chi connectivity index (χ3n) is 4.13. The van der Waals surface area contributed by atoms with Crippen LogP contribution in [0.3, 0.4) is 0 Å². The maximum Gasteiger partial charge on any atom is 0.183 e. The molecule has 1 aliphatic rings. The Labute approximate surface area is 150 Å². The van der Waals surface area contributed by atoms with Crippen molar-refractivity contribution in [3.63, 3.8) is 0 Å².